The first-order valence-electron chi connectivity index (χ1n) is 7.33. The largest absolute Gasteiger partial charge is 0.468 e. The molecule has 1 atom stereocenters. The van der Waals surface area contributed by atoms with Crippen molar-refractivity contribution in [3.63, 3.8) is 0 Å². The van der Waals surface area contributed by atoms with Crippen LogP contribution in [0.3, 0.4) is 0 Å². The van der Waals surface area contributed by atoms with E-state index in [1.54, 1.807) is 6.26 Å². The summed E-state index contributed by atoms with van der Waals surface area (Å²) >= 11 is 0. The molecule has 0 radical (unpaired) electrons. The first-order chi connectivity index (χ1) is 8.86. The number of nitrogens with one attached hydrogen (secondary N) is 1. The molecule has 0 aromatic carbocycles. The molecule has 2 rings (SSSR count). The van der Waals surface area contributed by atoms with Crippen molar-refractivity contribution in [1.82, 2.24) is 10.2 Å². The maximum atomic E-state index is 5.32. The summed E-state index contributed by atoms with van der Waals surface area (Å²) in [7, 11) is 0. The van der Waals surface area contributed by atoms with Gasteiger partial charge in [0.25, 0.3) is 0 Å². The van der Waals surface area contributed by atoms with Gasteiger partial charge in [0.2, 0.25) is 0 Å². The molecule has 0 amide bonds. The molecule has 3 heteroatoms. The van der Waals surface area contributed by atoms with Crippen LogP contribution in [0.1, 0.15) is 44.8 Å². The summed E-state index contributed by atoms with van der Waals surface area (Å²) in [5, 5.41) is 3.49. The molecule has 102 valence electrons. The van der Waals surface area contributed by atoms with Crippen molar-refractivity contribution in [3.05, 3.63) is 24.2 Å². The number of rotatable bonds is 5. The predicted octanol–water partition coefficient (Wildman–Crippen LogP) is 3.02. The van der Waals surface area contributed by atoms with Crippen molar-refractivity contribution < 1.29 is 4.42 Å². The van der Waals surface area contributed by atoms with E-state index in [4.69, 9.17) is 4.42 Å². The fourth-order valence-electron chi connectivity index (χ4n) is 2.66. The molecule has 1 aliphatic heterocycles. The summed E-state index contributed by atoms with van der Waals surface area (Å²) in [5.41, 5.74) is 0. The molecule has 1 saturated heterocycles. The molecule has 0 bridgehead atoms. The number of hydrogen-bond acceptors (Lipinski definition) is 3. The maximum absolute atomic E-state index is 5.32. The van der Waals surface area contributed by atoms with Crippen molar-refractivity contribution >= 4 is 0 Å². The third kappa shape index (κ3) is 4.46. The zero-order chi connectivity index (χ0) is 12.6. The van der Waals surface area contributed by atoms with Gasteiger partial charge in [-0.25, -0.2) is 0 Å². The van der Waals surface area contributed by atoms with Gasteiger partial charge >= 0.3 is 0 Å². The number of nitrogens with zero attached hydrogens (tertiary/aromatic N) is 1. The highest BCUT2D eigenvalue weighted by Crippen LogP contribution is 2.12. The molecular formula is C15H26N2O. The van der Waals surface area contributed by atoms with Crippen LogP contribution in [0.25, 0.3) is 0 Å². The third-order valence-electron chi connectivity index (χ3n) is 3.83. The SMILES string of the molecule is CC(CNCc1ccco1)N1CCCCCCC1. The van der Waals surface area contributed by atoms with Crippen LogP contribution in [0.2, 0.25) is 0 Å². The first kappa shape index (κ1) is 13.6. The highest BCUT2D eigenvalue weighted by molar-refractivity contribution is 4.97. The minimum absolute atomic E-state index is 0.623. The maximum Gasteiger partial charge on any atom is 0.117 e. The van der Waals surface area contributed by atoms with E-state index in [9.17, 15) is 0 Å². The summed E-state index contributed by atoms with van der Waals surface area (Å²) in [4.78, 5) is 2.63. The molecule has 2 heterocycles. The van der Waals surface area contributed by atoms with Crippen LogP contribution >= 0.6 is 0 Å². The molecule has 1 unspecified atom stereocenters. The lowest BCUT2D eigenvalue weighted by Crippen LogP contribution is -2.41. The highest BCUT2D eigenvalue weighted by atomic mass is 16.3. The minimum Gasteiger partial charge on any atom is -0.468 e. The summed E-state index contributed by atoms with van der Waals surface area (Å²) < 4.78 is 5.32. The Morgan fingerprint density at radius 3 is 2.61 bits per heavy atom. The lowest BCUT2D eigenvalue weighted by Gasteiger charge is -2.30. The van der Waals surface area contributed by atoms with Gasteiger partial charge in [0, 0.05) is 12.6 Å². The van der Waals surface area contributed by atoms with E-state index < -0.39 is 0 Å². The normalized spacial score (nSPS) is 20.3. The fourth-order valence-corrected chi connectivity index (χ4v) is 2.66. The van der Waals surface area contributed by atoms with Gasteiger partial charge in [0.1, 0.15) is 5.76 Å². The Morgan fingerprint density at radius 2 is 1.94 bits per heavy atom. The van der Waals surface area contributed by atoms with E-state index >= 15 is 0 Å². The van der Waals surface area contributed by atoms with Gasteiger partial charge in [0.15, 0.2) is 0 Å². The fraction of sp³-hybridized carbons (Fsp3) is 0.733. The van der Waals surface area contributed by atoms with E-state index in [1.807, 2.05) is 12.1 Å². The van der Waals surface area contributed by atoms with E-state index in [1.165, 1.54) is 45.2 Å². The highest BCUT2D eigenvalue weighted by Gasteiger charge is 2.14. The topological polar surface area (TPSA) is 28.4 Å². The second-order valence-electron chi connectivity index (χ2n) is 5.36. The van der Waals surface area contributed by atoms with Crippen LogP contribution < -0.4 is 5.32 Å². The molecule has 1 fully saturated rings. The Morgan fingerprint density at radius 1 is 1.22 bits per heavy atom. The van der Waals surface area contributed by atoms with Crippen LogP contribution in [-0.2, 0) is 6.54 Å². The zero-order valence-corrected chi connectivity index (χ0v) is 11.5. The van der Waals surface area contributed by atoms with Crippen LogP contribution in [0.4, 0.5) is 0 Å². The molecule has 1 aliphatic rings. The van der Waals surface area contributed by atoms with Gasteiger partial charge in [0.05, 0.1) is 12.8 Å². The number of hydrogen-bond donors (Lipinski definition) is 1. The first-order valence-corrected chi connectivity index (χ1v) is 7.33. The molecule has 0 spiro atoms. The molecule has 1 aromatic heterocycles. The van der Waals surface area contributed by atoms with Gasteiger partial charge in [-0.2, -0.15) is 0 Å². The second-order valence-corrected chi connectivity index (χ2v) is 5.36. The van der Waals surface area contributed by atoms with Crippen molar-refractivity contribution in [3.8, 4) is 0 Å². The van der Waals surface area contributed by atoms with Crippen LogP contribution in [0.5, 0.6) is 0 Å². The zero-order valence-electron chi connectivity index (χ0n) is 11.5. The Balaban J connectivity index is 1.67. The quantitative estimate of drug-likeness (QED) is 0.870. The molecule has 1 aromatic rings. The average molecular weight is 250 g/mol. The average Bonchev–Trinajstić information content (AvgIpc) is 2.81. The smallest absolute Gasteiger partial charge is 0.117 e. The van der Waals surface area contributed by atoms with E-state index in [-0.39, 0.29) is 0 Å². The van der Waals surface area contributed by atoms with Crippen LogP contribution in [-0.4, -0.2) is 30.6 Å². The summed E-state index contributed by atoms with van der Waals surface area (Å²) in [6, 6.07) is 4.59. The Kier molecular flexibility index (Phi) is 5.75. The predicted molar refractivity (Wildman–Crippen MR) is 74.5 cm³/mol. The van der Waals surface area contributed by atoms with Crippen LogP contribution in [0.15, 0.2) is 22.8 Å². The van der Waals surface area contributed by atoms with Crippen LogP contribution in [0, 0.1) is 0 Å². The molecule has 3 nitrogen and oxygen atoms in total. The van der Waals surface area contributed by atoms with Gasteiger partial charge in [-0.3, -0.25) is 4.90 Å². The van der Waals surface area contributed by atoms with Crippen molar-refractivity contribution in [2.24, 2.45) is 0 Å². The Bertz CT molecular complexity index is 302. The third-order valence-corrected chi connectivity index (χ3v) is 3.83. The van der Waals surface area contributed by atoms with Crippen molar-refractivity contribution in [2.45, 2.75) is 51.6 Å². The standard InChI is InChI=1S/C15H26N2O/c1-14(12-16-13-15-8-7-11-18-15)17-9-5-3-2-4-6-10-17/h7-8,11,14,16H,2-6,9-10,12-13H2,1H3. The monoisotopic (exact) mass is 250 g/mol. The van der Waals surface area contributed by atoms with Gasteiger partial charge in [-0.1, -0.05) is 19.3 Å². The molecule has 0 saturated carbocycles. The van der Waals surface area contributed by atoms with Gasteiger partial charge in [-0.15, -0.1) is 0 Å². The Labute approximate surface area is 111 Å². The van der Waals surface area contributed by atoms with E-state index in [0.29, 0.717) is 6.04 Å². The number of furan rings is 1. The summed E-state index contributed by atoms with van der Waals surface area (Å²) in [6.45, 7) is 6.75. The lowest BCUT2D eigenvalue weighted by molar-refractivity contribution is 0.186. The number of likely N-dealkylation sites (tertiary alicyclic amines) is 1. The summed E-state index contributed by atoms with van der Waals surface area (Å²) in [5.74, 6) is 1.02. The van der Waals surface area contributed by atoms with E-state index in [0.717, 1.165) is 18.8 Å². The minimum atomic E-state index is 0.623. The van der Waals surface area contributed by atoms with Crippen molar-refractivity contribution in [1.29, 1.82) is 0 Å². The van der Waals surface area contributed by atoms with E-state index in [2.05, 4.69) is 17.1 Å². The van der Waals surface area contributed by atoms with Gasteiger partial charge < -0.3 is 9.73 Å². The Hall–Kier alpha value is -0.800. The summed E-state index contributed by atoms with van der Waals surface area (Å²) in [6.07, 6.45) is 8.70. The second kappa shape index (κ2) is 7.59. The molecule has 1 N–H and O–H groups in total. The molecular weight excluding hydrogens is 224 g/mol. The molecule has 18 heavy (non-hydrogen) atoms. The van der Waals surface area contributed by atoms with Gasteiger partial charge in [-0.05, 0) is 45.0 Å². The van der Waals surface area contributed by atoms with Crippen molar-refractivity contribution in [2.75, 3.05) is 19.6 Å². The molecule has 0 aliphatic carbocycles. The lowest BCUT2D eigenvalue weighted by atomic mass is 10.1.